The lowest BCUT2D eigenvalue weighted by atomic mass is 10.1. The van der Waals surface area contributed by atoms with Crippen LogP contribution in [-0.4, -0.2) is 48.6 Å². The van der Waals surface area contributed by atoms with Gasteiger partial charge >= 0.3 is 0 Å². The number of rotatable bonds is 0. The number of carbonyl (C=O) groups is 1. The summed E-state index contributed by atoms with van der Waals surface area (Å²) in [6, 6.07) is -0.0463. The fourth-order valence-electron chi connectivity index (χ4n) is 1.71. The zero-order valence-corrected chi connectivity index (χ0v) is 7.85. The Bertz CT molecular complexity index is 194. The molecule has 2 aliphatic rings. The number of halogens is 1. The quantitative estimate of drug-likeness (QED) is 0.437. The van der Waals surface area contributed by atoms with E-state index in [0.29, 0.717) is 13.2 Å². The topological polar surface area (TPSA) is 86.2 Å². The number of carboxylic acids is 1. The van der Waals surface area contributed by atoms with Gasteiger partial charge < -0.3 is 25.1 Å². The van der Waals surface area contributed by atoms with Crippen LogP contribution in [0.25, 0.3) is 0 Å². The minimum Gasteiger partial charge on any atom is -0.550 e. The van der Waals surface area contributed by atoms with Gasteiger partial charge in [-0.1, -0.05) is 0 Å². The number of fused-ring (bicyclic) bond motifs is 1. The second kappa shape index (κ2) is 4.68. The maximum atomic E-state index is 12.8. The molecule has 2 aliphatic heterocycles. The number of carbonyl (C=O) groups excluding carboxylic acids is 1. The van der Waals surface area contributed by atoms with Gasteiger partial charge in [0, 0.05) is 5.97 Å². The Kier molecular flexibility index (Phi) is 3.79. The van der Waals surface area contributed by atoms with E-state index < -0.39 is 18.2 Å². The summed E-state index contributed by atoms with van der Waals surface area (Å²) in [6.45, 7) is 1.71. The van der Waals surface area contributed by atoms with Gasteiger partial charge in [-0.05, 0) is 6.92 Å². The molecule has 0 unspecified atom stereocenters. The molecular weight excluding hydrogens is 193 g/mol. The molecule has 0 aliphatic carbocycles. The molecule has 0 spiro atoms. The molecule has 0 bridgehead atoms. The predicted octanol–water partition coefficient (Wildman–Crippen LogP) is -3.21. The standard InChI is InChI=1S/C6H10FNO2.C2H4O2/c7-3-1-8-5-4(9)2-10-6(3)5;1-2(3)4/h3-6,8-9H,1-2H2;1H3,(H,3,4)/t3-,4-,5+,6+;/m0./s1. The highest BCUT2D eigenvalue weighted by atomic mass is 19.1. The molecule has 2 rings (SSSR count). The van der Waals surface area contributed by atoms with E-state index in [4.69, 9.17) is 14.6 Å². The molecular formula is C8H14FNO4. The van der Waals surface area contributed by atoms with E-state index in [1.807, 2.05) is 5.32 Å². The molecule has 5 nitrogen and oxygen atoms in total. The first kappa shape index (κ1) is 11.4. The third-order valence-electron chi connectivity index (χ3n) is 2.27. The van der Waals surface area contributed by atoms with E-state index in [1.165, 1.54) is 0 Å². The average molecular weight is 207 g/mol. The van der Waals surface area contributed by atoms with E-state index >= 15 is 0 Å². The predicted molar refractivity (Wildman–Crippen MR) is 41.9 cm³/mol. The van der Waals surface area contributed by atoms with Crippen LogP contribution in [0, 0.1) is 0 Å². The largest absolute Gasteiger partial charge is 0.550 e. The average Bonchev–Trinajstić information content (AvgIpc) is 2.57. The van der Waals surface area contributed by atoms with Gasteiger partial charge in [-0.3, -0.25) is 0 Å². The van der Waals surface area contributed by atoms with Crippen LogP contribution >= 0.6 is 0 Å². The molecule has 0 saturated carbocycles. The second-order valence-electron chi connectivity index (χ2n) is 3.42. The molecule has 14 heavy (non-hydrogen) atoms. The van der Waals surface area contributed by atoms with Gasteiger partial charge in [0.2, 0.25) is 0 Å². The Hall–Kier alpha value is -0.720. The summed E-state index contributed by atoms with van der Waals surface area (Å²) in [6.07, 6.45) is -1.71. The Morgan fingerprint density at radius 2 is 2.29 bits per heavy atom. The van der Waals surface area contributed by atoms with E-state index in [-0.39, 0.29) is 12.1 Å². The van der Waals surface area contributed by atoms with E-state index in [0.717, 1.165) is 6.92 Å². The number of aliphatic carboxylic acids is 1. The van der Waals surface area contributed by atoms with E-state index in [1.54, 1.807) is 0 Å². The van der Waals surface area contributed by atoms with Gasteiger partial charge in [-0.15, -0.1) is 0 Å². The van der Waals surface area contributed by atoms with Crippen LogP contribution in [-0.2, 0) is 9.53 Å². The van der Waals surface area contributed by atoms with Crippen molar-refractivity contribution in [1.82, 2.24) is 0 Å². The summed E-state index contributed by atoms with van der Waals surface area (Å²) in [5, 5.41) is 19.9. The van der Waals surface area contributed by atoms with Crippen molar-refractivity contribution in [2.24, 2.45) is 0 Å². The Morgan fingerprint density at radius 3 is 2.79 bits per heavy atom. The summed E-state index contributed by atoms with van der Waals surface area (Å²) >= 11 is 0. The van der Waals surface area contributed by atoms with Crippen LogP contribution in [0.5, 0.6) is 0 Å². The number of ether oxygens (including phenoxy) is 1. The van der Waals surface area contributed by atoms with Crippen molar-refractivity contribution in [2.75, 3.05) is 13.2 Å². The number of hydrogen-bond acceptors (Lipinski definition) is 4. The zero-order chi connectivity index (χ0) is 10.7. The Labute approximate surface area is 80.9 Å². The summed E-state index contributed by atoms with van der Waals surface area (Å²) in [4.78, 5) is 8.89. The summed E-state index contributed by atoms with van der Waals surface area (Å²) in [7, 11) is 0. The van der Waals surface area contributed by atoms with E-state index in [9.17, 15) is 9.50 Å². The number of nitrogens with two attached hydrogens (primary N) is 1. The van der Waals surface area contributed by atoms with Crippen LogP contribution in [0.1, 0.15) is 6.92 Å². The third kappa shape index (κ3) is 2.63. The molecule has 6 heteroatoms. The molecule has 0 aromatic rings. The molecule has 4 atom stereocenters. The summed E-state index contributed by atoms with van der Waals surface area (Å²) < 4.78 is 17.8. The lowest BCUT2D eigenvalue weighted by Crippen LogP contribution is -2.89. The molecule has 0 aromatic carbocycles. The van der Waals surface area contributed by atoms with Crippen LogP contribution in [0.4, 0.5) is 4.39 Å². The molecule has 3 N–H and O–H groups in total. The van der Waals surface area contributed by atoms with Crippen LogP contribution in [0.15, 0.2) is 0 Å². The van der Waals surface area contributed by atoms with Crippen LogP contribution < -0.4 is 10.4 Å². The highest BCUT2D eigenvalue weighted by Crippen LogP contribution is 2.19. The zero-order valence-electron chi connectivity index (χ0n) is 7.85. The van der Waals surface area contributed by atoms with Crippen LogP contribution in [0.2, 0.25) is 0 Å². The first-order valence-electron chi connectivity index (χ1n) is 4.47. The lowest BCUT2D eigenvalue weighted by Gasteiger charge is -2.05. The monoisotopic (exact) mass is 207 g/mol. The maximum absolute atomic E-state index is 12.8. The highest BCUT2D eigenvalue weighted by Gasteiger charge is 2.49. The number of aliphatic hydroxyl groups excluding tert-OH is 1. The third-order valence-corrected chi connectivity index (χ3v) is 2.27. The van der Waals surface area contributed by atoms with Gasteiger partial charge in [0.15, 0.2) is 6.17 Å². The molecule has 2 saturated heterocycles. The number of alkyl halides is 1. The molecule has 0 aromatic heterocycles. The second-order valence-corrected chi connectivity index (χ2v) is 3.42. The fourth-order valence-corrected chi connectivity index (χ4v) is 1.71. The van der Waals surface area contributed by atoms with E-state index in [2.05, 4.69) is 0 Å². The summed E-state index contributed by atoms with van der Waals surface area (Å²) in [5.74, 6) is -1.08. The van der Waals surface area contributed by atoms with Crippen molar-refractivity contribution in [1.29, 1.82) is 0 Å². The number of hydrogen-bond donors (Lipinski definition) is 2. The molecule has 2 heterocycles. The van der Waals surface area contributed by atoms with Crippen molar-refractivity contribution < 1.29 is 29.5 Å². The Morgan fingerprint density at radius 1 is 1.71 bits per heavy atom. The Balaban J connectivity index is 0.000000213. The first-order chi connectivity index (χ1) is 6.52. The van der Waals surface area contributed by atoms with Gasteiger partial charge in [-0.2, -0.15) is 0 Å². The smallest absolute Gasteiger partial charge is 0.180 e. The molecule has 2 fully saturated rings. The van der Waals surface area contributed by atoms with Gasteiger partial charge in [0.05, 0.1) is 6.61 Å². The molecule has 0 radical (unpaired) electrons. The number of quaternary nitrogens is 1. The minimum atomic E-state index is -1.08. The number of aliphatic hydroxyl groups is 1. The fraction of sp³-hybridized carbons (Fsp3) is 0.875. The first-order valence-corrected chi connectivity index (χ1v) is 4.47. The lowest BCUT2D eigenvalue weighted by molar-refractivity contribution is -0.677. The minimum absolute atomic E-state index is 0.0463. The van der Waals surface area contributed by atoms with Gasteiger partial charge in [0.1, 0.15) is 24.8 Å². The van der Waals surface area contributed by atoms with Gasteiger partial charge in [0.25, 0.3) is 0 Å². The normalized spacial score (nSPS) is 39.9. The van der Waals surface area contributed by atoms with Crippen molar-refractivity contribution in [2.45, 2.75) is 31.3 Å². The van der Waals surface area contributed by atoms with Crippen molar-refractivity contribution >= 4 is 5.97 Å². The molecule has 82 valence electrons. The number of carboxylic acid groups (broad SMARTS) is 1. The van der Waals surface area contributed by atoms with Gasteiger partial charge in [-0.25, -0.2) is 4.39 Å². The molecule has 0 amide bonds. The SMILES string of the molecule is CC(=O)[O-].O[C@H]1CO[C@H]2[C@@H]1[NH2+]C[C@@H]2F. The van der Waals surface area contributed by atoms with Crippen molar-refractivity contribution in [3.8, 4) is 0 Å². The van der Waals surface area contributed by atoms with Crippen LogP contribution in [0.3, 0.4) is 0 Å². The maximum Gasteiger partial charge on any atom is 0.180 e. The van der Waals surface area contributed by atoms with Crippen molar-refractivity contribution in [3.63, 3.8) is 0 Å². The summed E-state index contributed by atoms with van der Waals surface area (Å²) in [5.41, 5.74) is 0. The van der Waals surface area contributed by atoms with Crippen molar-refractivity contribution in [3.05, 3.63) is 0 Å². The highest BCUT2D eigenvalue weighted by molar-refractivity contribution is 5.60.